The van der Waals surface area contributed by atoms with Crippen molar-refractivity contribution in [1.29, 1.82) is 0 Å². The van der Waals surface area contributed by atoms with Gasteiger partial charge in [-0.1, -0.05) is 0 Å². The summed E-state index contributed by atoms with van der Waals surface area (Å²) in [5.41, 5.74) is 7.79. The molecule has 1 aliphatic heterocycles. The molecule has 3 heterocycles. The Kier molecular flexibility index (Phi) is 2.04. The monoisotopic (exact) mass is 232 g/mol. The van der Waals surface area contributed by atoms with Gasteiger partial charge in [0.1, 0.15) is 5.52 Å². The zero-order valence-electron chi connectivity index (χ0n) is 9.38. The Labute approximate surface area is 97.4 Å². The standard InChI is InChI=1S/C11H12N4O2/c1-6(16)17-9-2-3-15-10-8(14-11(9)15)4-7(12)5-13-10/h4-5,9H,2-3,12H2,1H3. The van der Waals surface area contributed by atoms with Crippen molar-refractivity contribution in [2.45, 2.75) is 26.0 Å². The van der Waals surface area contributed by atoms with E-state index in [-0.39, 0.29) is 12.1 Å². The summed E-state index contributed by atoms with van der Waals surface area (Å²) in [6.45, 7) is 2.17. The fourth-order valence-electron chi connectivity index (χ4n) is 2.20. The number of pyridine rings is 1. The van der Waals surface area contributed by atoms with Crippen molar-refractivity contribution in [2.75, 3.05) is 5.73 Å². The lowest BCUT2D eigenvalue weighted by molar-refractivity contribution is -0.146. The highest BCUT2D eigenvalue weighted by molar-refractivity contribution is 5.75. The average molecular weight is 232 g/mol. The van der Waals surface area contributed by atoms with Gasteiger partial charge in [-0.05, 0) is 6.07 Å². The SMILES string of the molecule is CC(=O)OC1CCn2c1nc1cc(N)cnc12. The topological polar surface area (TPSA) is 83.0 Å². The lowest BCUT2D eigenvalue weighted by atomic mass is 10.3. The molecule has 88 valence electrons. The molecule has 0 spiro atoms. The molecule has 6 nitrogen and oxygen atoms in total. The van der Waals surface area contributed by atoms with Crippen LogP contribution in [0.5, 0.6) is 0 Å². The number of hydrogen-bond donors (Lipinski definition) is 1. The van der Waals surface area contributed by atoms with E-state index in [4.69, 9.17) is 10.5 Å². The lowest BCUT2D eigenvalue weighted by Gasteiger charge is -2.07. The number of anilines is 1. The van der Waals surface area contributed by atoms with E-state index in [9.17, 15) is 4.79 Å². The third kappa shape index (κ3) is 1.52. The van der Waals surface area contributed by atoms with Gasteiger partial charge in [0, 0.05) is 19.9 Å². The number of imidazole rings is 1. The number of aromatic nitrogens is 3. The number of nitrogens with zero attached hydrogens (tertiary/aromatic N) is 3. The third-order valence-corrected chi connectivity index (χ3v) is 2.85. The van der Waals surface area contributed by atoms with E-state index in [1.54, 1.807) is 12.3 Å². The number of esters is 1. The van der Waals surface area contributed by atoms with Crippen LogP contribution in [-0.4, -0.2) is 20.5 Å². The first-order valence-corrected chi connectivity index (χ1v) is 5.44. The van der Waals surface area contributed by atoms with E-state index in [1.165, 1.54) is 6.92 Å². The first-order chi connectivity index (χ1) is 8.15. The number of aryl methyl sites for hydroxylation is 1. The maximum absolute atomic E-state index is 11.0. The summed E-state index contributed by atoms with van der Waals surface area (Å²) in [6.07, 6.45) is 2.10. The van der Waals surface area contributed by atoms with Crippen LogP contribution in [0.15, 0.2) is 12.3 Å². The Hall–Kier alpha value is -2.11. The largest absolute Gasteiger partial charge is 0.454 e. The summed E-state index contributed by atoms with van der Waals surface area (Å²) in [5.74, 6) is 0.469. The van der Waals surface area contributed by atoms with E-state index < -0.39 is 0 Å². The van der Waals surface area contributed by atoms with Crippen molar-refractivity contribution in [1.82, 2.24) is 14.5 Å². The highest BCUT2D eigenvalue weighted by Gasteiger charge is 2.29. The molecule has 0 bridgehead atoms. The number of ether oxygens (including phenoxy) is 1. The van der Waals surface area contributed by atoms with Crippen LogP contribution in [0, 0.1) is 0 Å². The molecule has 0 aliphatic carbocycles. The number of rotatable bonds is 1. The van der Waals surface area contributed by atoms with Crippen LogP contribution in [-0.2, 0) is 16.1 Å². The molecule has 0 aromatic carbocycles. The van der Waals surface area contributed by atoms with E-state index in [1.807, 2.05) is 4.57 Å². The molecule has 3 rings (SSSR count). The predicted octanol–water partition coefficient (Wildman–Crippen LogP) is 1.02. The van der Waals surface area contributed by atoms with Crippen LogP contribution in [0.2, 0.25) is 0 Å². The van der Waals surface area contributed by atoms with Gasteiger partial charge in [-0.15, -0.1) is 0 Å². The van der Waals surface area contributed by atoms with E-state index >= 15 is 0 Å². The second-order valence-corrected chi connectivity index (χ2v) is 4.12. The van der Waals surface area contributed by atoms with Crippen molar-refractivity contribution in [3.8, 4) is 0 Å². The Morgan fingerprint density at radius 2 is 2.47 bits per heavy atom. The fourth-order valence-corrected chi connectivity index (χ4v) is 2.20. The van der Waals surface area contributed by atoms with Crippen LogP contribution in [0.1, 0.15) is 25.3 Å². The number of carbonyl (C=O) groups is 1. The zero-order chi connectivity index (χ0) is 12.0. The Balaban J connectivity index is 2.09. The molecule has 0 saturated heterocycles. The Bertz CT molecular complexity index is 605. The maximum Gasteiger partial charge on any atom is 0.303 e. The van der Waals surface area contributed by atoms with Crippen LogP contribution in [0.4, 0.5) is 5.69 Å². The first kappa shape index (κ1) is 10.1. The van der Waals surface area contributed by atoms with Crippen molar-refractivity contribution in [2.24, 2.45) is 0 Å². The molecule has 0 saturated carbocycles. The number of nitrogen functional groups attached to an aromatic ring is 1. The average Bonchev–Trinajstić information content (AvgIpc) is 2.77. The van der Waals surface area contributed by atoms with E-state index in [2.05, 4.69) is 9.97 Å². The minimum absolute atomic E-state index is 0.261. The molecule has 1 aliphatic rings. The number of fused-ring (bicyclic) bond motifs is 3. The van der Waals surface area contributed by atoms with E-state index in [0.717, 1.165) is 30.0 Å². The van der Waals surface area contributed by atoms with Crippen molar-refractivity contribution >= 4 is 22.8 Å². The highest BCUT2D eigenvalue weighted by Crippen LogP contribution is 2.31. The van der Waals surface area contributed by atoms with Gasteiger partial charge < -0.3 is 15.0 Å². The number of carbonyl (C=O) groups excluding carboxylic acids is 1. The molecule has 2 aromatic heterocycles. The van der Waals surface area contributed by atoms with Gasteiger partial charge in [0.05, 0.1) is 11.9 Å². The molecule has 0 radical (unpaired) electrons. The molecular formula is C11H12N4O2. The van der Waals surface area contributed by atoms with Crippen LogP contribution in [0.25, 0.3) is 11.2 Å². The second-order valence-electron chi connectivity index (χ2n) is 4.12. The summed E-state index contributed by atoms with van der Waals surface area (Å²) in [4.78, 5) is 19.7. The molecule has 0 amide bonds. The van der Waals surface area contributed by atoms with Gasteiger partial charge in [0.2, 0.25) is 0 Å². The molecule has 17 heavy (non-hydrogen) atoms. The fraction of sp³-hybridized carbons (Fsp3) is 0.364. The molecule has 1 unspecified atom stereocenters. The van der Waals surface area contributed by atoms with Gasteiger partial charge in [0.25, 0.3) is 0 Å². The first-order valence-electron chi connectivity index (χ1n) is 5.44. The van der Waals surface area contributed by atoms with E-state index in [0.29, 0.717) is 5.69 Å². The van der Waals surface area contributed by atoms with Crippen LogP contribution < -0.4 is 5.73 Å². The maximum atomic E-state index is 11.0. The van der Waals surface area contributed by atoms with Gasteiger partial charge >= 0.3 is 5.97 Å². The zero-order valence-corrected chi connectivity index (χ0v) is 9.38. The molecule has 0 fully saturated rings. The third-order valence-electron chi connectivity index (χ3n) is 2.85. The number of hydrogen-bond acceptors (Lipinski definition) is 5. The molecular weight excluding hydrogens is 220 g/mol. The summed E-state index contributed by atoms with van der Waals surface area (Å²) in [6, 6.07) is 1.78. The number of nitrogens with two attached hydrogens (primary N) is 1. The van der Waals surface area contributed by atoms with Gasteiger partial charge in [-0.25, -0.2) is 9.97 Å². The van der Waals surface area contributed by atoms with Gasteiger partial charge in [-0.3, -0.25) is 4.79 Å². The summed E-state index contributed by atoms with van der Waals surface area (Å²) >= 11 is 0. The van der Waals surface area contributed by atoms with Crippen molar-refractivity contribution in [3.05, 3.63) is 18.1 Å². The molecule has 1 atom stereocenters. The summed E-state index contributed by atoms with van der Waals surface area (Å²) in [7, 11) is 0. The van der Waals surface area contributed by atoms with Crippen molar-refractivity contribution < 1.29 is 9.53 Å². The Morgan fingerprint density at radius 3 is 3.24 bits per heavy atom. The molecule has 6 heteroatoms. The minimum Gasteiger partial charge on any atom is -0.454 e. The van der Waals surface area contributed by atoms with Crippen LogP contribution in [0.3, 0.4) is 0 Å². The van der Waals surface area contributed by atoms with Crippen LogP contribution >= 0.6 is 0 Å². The quantitative estimate of drug-likeness (QED) is 0.742. The summed E-state index contributed by atoms with van der Waals surface area (Å²) in [5, 5.41) is 0. The molecule has 2 N–H and O–H groups in total. The van der Waals surface area contributed by atoms with Gasteiger partial charge in [-0.2, -0.15) is 0 Å². The minimum atomic E-state index is -0.289. The predicted molar refractivity (Wildman–Crippen MR) is 61.1 cm³/mol. The normalized spacial score (nSPS) is 18.3. The smallest absolute Gasteiger partial charge is 0.303 e. The summed E-state index contributed by atoms with van der Waals surface area (Å²) < 4.78 is 7.19. The lowest BCUT2D eigenvalue weighted by Crippen LogP contribution is -2.06. The van der Waals surface area contributed by atoms with Crippen molar-refractivity contribution in [3.63, 3.8) is 0 Å². The Morgan fingerprint density at radius 1 is 1.65 bits per heavy atom. The molecule has 2 aromatic rings. The van der Waals surface area contributed by atoms with Gasteiger partial charge in [0.15, 0.2) is 17.6 Å². The highest BCUT2D eigenvalue weighted by atomic mass is 16.5. The second kappa shape index (κ2) is 3.44.